The van der Waals surface area contributed by atoms with Gasteiger partial charge in [-0.3, -0.25) is 4.57 Å². The van der Waals surface area contributed by atoms with Gasteiger partial charge in [-0.05, 0) is 37.3 Å². The van der Waals surface area contributed by atoms with Gasteiger partial charge in [0.05, 0.1) is 22.1 Å². The Hall–Kier alpha value is -1.65. The maximum absolute atomic E-state index is 14.1. The summed E-state index contributed by atoms with van der Waals surface area (Å²) in [6.07, 6.45) is 0. The molecular formula is C15H10Cl2F2N2. The zero-order chi connectivity index (χ0) is 15.1. The van der Waals surface area contributed by atoms with E-state index in [0.717, 1.165) is 6.07 Å². The molecule has 0 aliphatic carbocycles. The van der Waals surface area contributed by atoms with Crippen molar-refractivity contribution in [3.05, 3.63) is 58.9 Å². The van der Waals surface area contributed by atoms with Crippen LogP contribution in [0.5, 0.6) is 0 Å². The van der Waals surface area contributed by atoms with Gasteiger partial charge in [-0.2, -0.15) is 0 Å². The number of rotatable bonds is 2. The highest BCUT2D eigenvalue weighted by atomic mass is 35.5. The monoisotopic (exact) mass is 326 g/mol. The summed E-state index contributed by atoms with van der Waals surface area (Å²) in [5.74, 6) is -0.855. The predicted molar refractivity (Wildman–Crippen MR) is 80.3 cm³/mol. The van der Waals surface area contributed by atoms with Crippen molar-refractivity contribution in [3.8, 4) is 5.69 Å². The molecule has 0 aliphatic heterocycles. The number of alkyl halides is 1. The molecule has 0 fully saturated rings. The lowest BCUT2D eigenvalue weighted by Gasteiger charge is -2.11. The molecule has 0 aliphatic rings. The lowest BCUT2D eigenvalue weighted by molar-refractivity contribution is 0.577. The van der Waals surface area contributed by atoms with E-state index in [2.05, 4.69) is 4.98 Å². The molecular weight excluding hydrogens is 317 g/mol. The SMILES string of the molecule is CC(Cl)c1nc2ccc(Cl)cc2n1-c1ccc(F)cc1F. The van der Waals surface area contributed by atoms with Crippen LogP contribution < -0.4 is 0 Å². The molecule has 108 valence electrons. The number of fused-ring (bicyclic) bond motifs is 1. The number of aromatic nitrogens is 2. The Bertz CT molecular complexity index is 828. The van der Waals surface area contributed by atoms with Crippen molar-refractivity contribution in [3.63, 3.8) is 0 Å². The van der Waals surface area contributed by atoms with E-state index in [9.17, 15) is 8.78 Å². The third kappa shape index (κ3) is 2.49. The minimum absolute atomic E-state index is 0.184. The third-order valence-corrected chi connectivity index (χ3v) is 3.58. The first kappa shape index (κ1) is 14.3. The Morgan fingerprint density at radius 1 is 1.14 bits per heavy atom. The van der Waals surface area contributed by atoms with Gasteiger partial charge in [0, 0.05) is 11.1 Å². The first-order chi connectivity index (χ1) is 9.97. The average Bonchev–Trinajstić information content (AvgIpc) is 2.77. The molecule has 2 nitrogen and oxygen atoms in total. The molecule has 3 aromatic rings. The zero-order valence-electron chi connectivity index (χ0n) is 10.9. The summed E-state index contributed by atoms with van der Waals surface area (Å²) in [6.45, 7) is 1.74. The fourth-order valence-corrected chi connectivity index (χ4v) is 2.56. The Morgan fingerprint density at radius 3 is 2.57 bits per heavy atom. The standard InChI is InChI=1S/C15H10Cl2F2N2/c1-8(16)15-20-12-4-2-9(17)6-14(12)21(15)13-5-3-10(18)7-11(13)19/h2-8H,1H3. The van der Waals surface area contributed by atoms with E-state index in [1.165, 1.54) is 12.1 Å². The Balaban J connectivity index is 2.38. The topological polar surface area (TPSA) is 17.8 Å². The maximum Gasteiger partial charge on any atom is 0.150 e. The van der Waals surface area contributed by atoms with Gasteiger partial charge in [0.2, 0.25) is 0 Å². The van der Waals surface area contributed by atoms with Crippen molar-refractivity contribution in [2.75, 3.05) is 0 Å². The van der Waals surface area contributed by atoms with Crippen LogP contribution in [0.15, 0.2) is 36.4 Å². The van der Waals surface area contributed by atoms with Crippen LogP contribution in [-0.2, 0) is 0 Å². The van der Waals surface area contributed by atoms with Crippen molar-refractivity contribution in [2.45, 2.75) is 12.3 Å². The molecule has 0 saturated carbocycles. The molecule has 0 bridgehead atoms. The molecule has 1 heterocycles. The number of nitrogens with zero attached hydrogens (tertiary/aromatic N) is 2. The molecule has 0 saturated heterocycles. The summed E-state index contributed by atoms with van der Waals surface area (Å²) in [5.41, 5.74) is 1.45. The van der Waals surface area contributed by atoms with Crippen LogP contribution in [0, 0.1) is 11.6 Å². The quantitative estimate of drug-likeness (QED) is 0.587. The molecule has 0 spiro atoms. The minimum Gasteiger partial charge on any atom is -0.292 e. The molecule has 2 aromatic carbocycles. The molecule has 0 amide bonds. The summed E-state index contributed by atoms with van der Waals surface area (Å²) < 4.78 is 28.8. The van der Waals surface area contributed by atoms with Crippen molar-refractivity contribution >= 4 is 34.2 Å². The van der Waals surface area contributed by atoms with Gasteiger partial charge in [0.15, 0.2) is 0 Å². The highest BCUT2D eigenvalue weighted by Gasteiger charge is 2.19. The number of halogens is 4. The molecule has 21 heavy (non-hydrogen) atoms. The zero-order valence-corrected chi connectivity index (χ0v) is 12.5. The van der Waals surface area contributed by atoms with Gasteiger partial charge in [-0.1, -0.05) is 11.6 Å². The van der Waals surface area contributed by atoms with E-state index in [4.69, 9.17) is 23.2 Å². The fourth-order valence-electron chi connectivity index (χ4n) is 2.25. The minimum atomic E-state index is -0.687. The van der Waals surface area contributed by atoms with Gasteiger partial charge in [0.25, 0.3) is 0 Å². The molecule has 1 aromatic heterocycles. The fraction of sp³-hybridized carbons (Fsp3) is 0.133. The molecule has 6 heteroatoms. The van der Waals surface area contributed by atoms with Gasteiger partial charge < -0.3 is 0 Å². The highest BCUT2D eigenvalue weighted by Crippen LogP contribution is 2.30. The van der Waals surface area contributed by atoms with E-state index in [1.54, 1.807) is 29.7 Å². The number of hydrogen-bond donors (Lipinski definition) is 0. The summed E-state index contributed by atoms with van der Waals surface area (Å²) in [4.78, 5) is 4.41. The molecule has 0 radical (unpaired) electrons. The second-order valence-corrected chi connectivity index (χ2v) is 5.74. The maximum atomic E-state index is 14.1. The summed E-state index contributed by atoms with van der Waals surface area (Å²) in [5, 5.41) is 0.0561. The van der Waals surface area contributed by atoms with E-state index in [1.807, 2.05) is 0 Å². The van der Waals surface area contributed by atoms with Gasteiger partial charge >= 0.3 is 0 Å². The van der Waals surface area contributed by atoms with Crippen LogP contribution in [0.2, 0.25) is 5.02 Å². The summed E-state index contributed by atoms with van der Waals surface area (Å²) in [7, 11) is 0. The van der Waals surface area contributed by atoms with Crippen molar-refractivity contribution in [2.24, 2.45) is 0 Å². The van der Waals surface area contributed by atoms with Crippen LogP contribution in [0.1, 0.15) is 18.1 Å². The van der Waals surface area contributed by atoms with Crippen molar-refractivity contribution in [1.29, 1.82) is 0 Å². The van der Waals surface area contributed by atoms with E-state index in [0.29, 0.717) is 21.9 Å². The molecule has 1 atom stereocenters. The van der Waals surface area contributed by atoms with Crippen LogP contribution in [0.4, 0.5) is 8.78 Å². The van der Waals surface area contributed by atoms with Crippen LogP contribution in [0.25, 0.3) is 16.7 Å². The van der Waals surface area contributed by atoms with Crippen molar-refractivity contribution < 1.29 is 8.78 Å². The largest absolute Gasteiger partial charge is 0.292 e. The second-order valence-electron chi connectivity index (χ2n) is 4.65. The van der Waals surface area contributed by atoms with E-state index >= 15 is 0 Å². The van der Waals surface area contributed by atoms with Gasteiger partial charge in [-0.15, -0.1) is 11.6 Å². The number of hydrogen-bond acceptors (Lipinski definition) is 1. The van der Waals surface area contributed by atoms with Crippen LogP contribution in [0.3, 0.4) is 0 Å². The average molecular weight is 327 g/mol. The third-order valence-electron chi connectivity index (χ3n) is 3.15. The van der Waals surface area contributed by atoms with Crippen LogP contribution >= 0.6 is 23.2 Å². The summed E-state index contributed by atoms with van der Waals surface area (Å²) >= 11 is 12.1. The number of benzene rings is 2. The number of imidazole rings is 1. The lowest BCUT2D eigenvalue weighted by atomic mass is 10.2. The molecule has 0 N–H and O–H groups in total. The Kier molecular flexibility index (Phi) is 3.59. The van der Waals surface area contributed by atoms with Crippen LogP contribution in [-0.4, -0.2) is 9.55 Å². The summed E-state index contributed by atoms with van der Waals surface area (Å²) in [6, 6.07) is 8.49. The first-order valence-electron chi connectivity index (χ1n) is 6.25. The van der Waals surface area contributed by atoms with Crippen molar-refractivity contribution in [1.82, 2.24) is 9.55 Å². The normalized spacial score (nSPS) is 12.8. The molecule has 3 rings (SSSR count). The molecule has 1 unspecified atom stereocenters. The van der Waals surface area contributed by atoms with Gasteiger partial charge in [-0.25, -0.2) is 13.8 Å². The lowest BCUT2D eigenvalue weighted by Crippen LogP contribution is -2.04. The Labute approximate surface area is 129 Å². The first-order valence-corrected chi connectivity index (χ1v) is 7.06. The van der Waals surface area contributed by atoms with E-state index < -0.39 is 17.0 Å². The predicted octanol–water partition coefficient (Wildman–Crippen LogP) is 5.26. The Morgan fingerprint density at radius 2 is 1.90 bits per heavy atom. The smallest absolute Gasteiger partial charge is 0.150 e. The van der Waals surface area contributed by atoms with E-state index in [-0.39, 0.29) is 5.69 Å². The second kappa shape index (κ2) is 5.28. The van der Waals surface area contributed by atoms with Gasteiger partial charge in [0.1, 0.15) is 17.5 Å². The highest BCUT2D eigenvalue weighted by molar-refractivity contribution is 6.31.